The Hall–Kier alpha value is -1.34. The van der Waals surface area contributed by atoms with Gasteiger partial charge in [-0.15, -0.1) is 12.4 Å². The summed E-state index contributed by atoms with van der Waals surface area (Å²) in [5.74, 6) is 0.132. The molecular weight excluding hydrogens is 344 g/mol. The second kappa shape index (κ2) is 9.38. The third-order valence-corrected chi connectivity index (χ3v) is 4.62. The molecule has 2 aliphatic rings. The fourth-order valence-electron chi connectivity index (χ4n) is 3.15. The van der Waals surface area contributed by atoms with E-state index in [1.165, 1.54) is 0 Å². The normalized spacial score (nSPS) is 21.6. The Bertz CT molecular complexity index is 493. The molecule has 2 rings (SSSR count). The topological polar surface area (TPSA) is 81.8 Å². The van der Waals surface area contributed by atoms with Crippen LogP contribution in [0, 0.1) is 5.41 Å². The van der Waals surface area contributed by atoms with Gasteiger partial charge in [-0.05, 0) is 12.8 Å². The number of rotatable bonds is 4. The summed E-state index contributed by atoms with van der Waals surface area (Å²) >= 11 is 0. The summed E-state index contributed by atoms with van der Waals surface area (Å²) in [5.41, 5.74) is -0.443. The van der Waals surface area contributed by atoms with Crippen LogP contribution in [0.2, 0.25) is 0 Å². The molecule has 144 valence electrons. The minimum atomic E-state index is -0.443. The molecule has 0 spiro atoms. The largest absolute Gasteiger partial charge is 0.355 e. The Morgan fingerprint density at radius 3 is 2.64 bits per heavy atom. The van der Waals surface area contributed by atoms with E-state index < -0.39 is 5.41 Å². The number of piperidine rings is 1. The number of carbonyl (C=O) groups excluding carboxylic acids is 3. The van der Waals surface area contributed by atoms with Crippen LogP contribution in [-0.4, -0.2) is 72.8 Å². The molecule has 0 radical (unpaired) electrons. The molecule has 2 fully saturated rings. The molecule has 1 unspecified atom stereocenters. The van der Waals surface area contributed by atoms with E-state index in [1.807, 2.05) is 30.6 Å². The predicted octanol–water partition coefficient (Wildman–Crippen LogP) is 0.383. The van der Waals surface area contributed by atoms with Gasteiger partial charge in [0.05, 0.1) is 6.54 Å². The zero-order chi connectivity index (χ0) is 17.7. The minimum absolute atomic E-state index is 0. The van der Waals surface area contributed by atoms with Crippen molar-refractivity contribution >= 4 is 30.1 Å². The lowest BCUT2D eigenvalue weighted by molar-refractivity contribution is -0.140. The first-order valence-corrected chi connectivity index (χ1v) is 8.85. The van der Waals surface area contributed by atoms with Gasteiger partial charge in [-0.3, -0.25) is 14.4 Å². The van der Waals surface area contributed by atoms with Gasteiger partial charge in [-0.25, -0.2) is 0 Å². The van der Waals surface area contributed by atoms with Gasteiger partial charge >= 0.3 is 0 Å². The van der Waals surface area contributed by atoms with Gasteiger partial charge in [0.15, 0.2) is 0 Å². The summed E-state index contributed by atoms with van der Waals surface area (Å²) in [6.45, 7) is 9.19. The Morgan fingerprint density at radius 2 is 2.00 bits per heavy atom. The summed E-state index contributed by atoms with van der Waals surface area (Å²) in [6.07, 6.45) is 2.18. The van der Waals surface area contributed by atoms with Crippen molar-refractivity contribution in [3.05, 3.63) is 0 Å². The van der Waals surface area contributed by atoms with Crippen LogP contribution in [0.4, 0.5) is 0 Å². The Kier molecular flexibility index (Phi) is 8.15. The maximum atomic E-state index is 12.4. The molecule has 2 saturated heterocycles. The van der Waals surface area contributed by atoms with Gasteiger partial charge < -0.3 is 20.4 Å². The van der Waals surface area contributed by atoms with Crippen LogP contribution in [0.25, 0.3) is 0 Å². The number of piperazine rings is 1. The van der Waals surface area contributed by atoms with E-state index in [0.29, 0.717) is 32.6 Å². The number of nitrogens with zero attached hydrogens (tertiary/aromatic N) is 2. The third-order valence-electron chi connectivity index (χ3n) is 4.62. The first-order chi connectivity index (χ1) is 11.3. The van der Waals surface area contributed by atoms with E-state index in [1.54, 1.807) is 0 Å². The third kappa shape index (κ3) is 6.15. The van der Waals surface area contributed by atoms with Crippen molar-refractivity contribution in [2.24, 2.45) is 5.41 Å². The monoisotopic (exact) mass is 374 g/mol. The van der Waals surface area contributed by atoms with Crippen molar-refractivity contribution in [2.75, 3.05) is 39.3 Å². The number of amides is 3. The second-order valence-corrected chi connectivity index (χ2v) is 7.66. The summed E-state index contributed by atoms with van der Waals surface area (Å²) in [4.78, 5) is 40.0. The van der Waals surface area contributed by atoms with E-state index in [-0.39, 0.29) is 36.2 Å². The number of hydrogen-bond acceptors (Lipinski definition) is 4. The van der Waals surface area contributed by atoms with Crippen LogP contribution in [0.5, 0.6) is 0 Å². The highest BCUT2D eigenvalue weighted by molar-refractivity contribution is 5.85. The average molecular weight is 375 g/mol. The molecular formula is C17H31ClN4O3. The molecule has 0 aliphatic carbocycles. The Balaban J connectivity index is 0.00000312. The SMILES string of the molecule is CC(C)(C)C(=O)NCCC(=O)N1CCCC(N2CCNCC2=O)C1.Cl. The van der Waals surface area contributed by atoms with E-state index in [0.717, 1.165) is 25.9 Å². The van der Waals surface area contributed by atoms with E-state index in [4.69, 9.17) is 0 Å². The molecule has 3 amide bonds. The minimum Gasteiger partial charge on any atom is -0.355 e. The van der Waals surface area contributed by atoms with Crippen LogP contribution in [0.15, 0.2) is 0 Å². The van der Waals surface area contributed by atoms with E-state index in [2.05, 4.69) is 10.6 Å². The summed E-state index contributed by atoms with van der Waals surface area (Å²) in [5, 5.41) is 5.89. The molecule has 0 aromatic heterocycles. The van der Waals surface area contributed by atoms with Crippen molar-refractivity contribution in [3.8, 4) is 0 Å². The van der Waals surface area contributed by atoms with Crippen LogP contribution < -0.4 is 10.6 Å². The van der Waals surface area contributed by atoms with Crippen molar-refractivity contribution < 1.29 is 14.4 Å². The molecule has 8 heteroatoms. The van der Waals surface area contributed by atoms with Crippen molar-refractivity contribution in [3.63, 3.8) is 0 Å². The van der Waals surface area contributed by atoms with Gasteiger partial charge in [0.1, 0.15) is 0 Å². The van der Waals surface area contributed by atoms with Crippen LogP contribution in [0.3, 0.4) is 0 Å². The number of carbonyl (C=O) groups is 3. The lowest BCUT2D eigenvalue weighted by atomic mass is 9.96. The summed E-state index contributed by atoms with van der Waals surface area (Å²) in [6, 6.07) is 0.126. The number of likely N-dealkylation sites (tertiary alicyclic amines) is 1. The molecule has 2 aliphatic heterocycles. The molecule has 0 saturated carbocycles. The first kappa shape index (κ1) is 21.7. The molecule has 1 atom stereocenters. The molecule has 25 heavy (non-hydrogen) atoms. The maximum absolute atomic E-state index is 12.4. The van der Waals surface area contributed by atoms with Gasteiger partial charge in [0.2, 0.25) is 17.7 Å². The molecule has 0 aromatic carbocycles. The average Bonchev–Trinajstić information content (AvgIpc) is 2.54. The van der Waals surface area contributed by atoms with Crippen LogP contribution in [0.1, 0.15) is 40.0 Å². The number of nitrogens with one attached hydrogen (secondary N) is 2. The van der Waals surface area contributed by atoms with Gasteiger partial charge in [0.25, 0.3) is 0 Å². The lowest BCUT2D eigenvalue weighted by Gasteiger charge is -2.41. The fraction of sp³-hybridized carbons (Fsp3) is 0.824. The van der Waals surface area contributed by atoms with E-state index >= 15 is 0 Å². The number of halogens is 1. The molecule has 0 bridgehead atoms. The molecule has 2 heterocycles. The zero-order valence-electron chi connectivity index (χ0n) is 15.5. The fourth-order valence-corrected chi connectivity index (χ4v) is 3.15. The molecule has 2 N–H and O–H groups in total. The van der Waals surface area contributed by atoms with Crippen LogP contribution >= 0.6 is 12.4 Å². The van der Waals surface area contributed by atoms with Crippen molar-refractivity contribution in [1.29, 1.82) is 0 Å². The molecule has 7 nitrogen and oxygen atoms in total. The van der Waals surface area contributed by atoms with Crippen LogP contribution in [-0.2, 0) is 14.4 Å². The zero-order valence-corrected chi connectivity index (χ0v) is 16.3. The maximum Gasteiger partial charge on any atom is 0.236 e. The van der Waals surface area contributed by atoms with Crippen molar-refractivity contribution in [2.45, 2.75) is 46.1 Å². The first-order valence-electron chi connectivity index (χ1n) is 8.85. The quantitative estimate of drug-likeness (QED) is 0.745. The number of hydrogen-bond donors (Lipinski definition) is 2. The highest BCUT2D eigenvalue weighted by atomic mass is 35.5. The van der Waals surface area contributed by atoms with E-state index in [9.17, 15) is 14.4 Å². The summed E-state index contributed by atoms with van der Waals surface area (Å²) in [7, 11) is 0. The van der Waals surface area contributed by atoms with Gasteiger partial charge in [-0.1, -0.05) is 20.8 Å². The Labute approximate surface area is 156 Å². The smallest absolute Gasteiger partial charge is 0.236 e. The Morgan fingerprint density at radius 1 is 1.28 bits per heavy atom. The second-order valence-electron chi connectivity index (χ2n) is 7.66. The standard InChI is InChI=1S/C17H30N4O3.ClH/c1-17(2,3)16(24)19-7-6-14(22)20-9-4-5-13(12-20)21-10-8-18-11-15(21)23;/h13,18H,4-12H2,1-3H3,(H,19,24);1H. The molecule has 0 aromatic rings. The van der Waals surface area contributed by atoms with Gasteiger partial charge in [-0.2, -0.15) is 0 Å². The van der Waals surface area contributed by atoms with Gasteiger partial charge in [0, 0.05) is 50.6 Å². The highest BCUT2D eigenvalue weighted by Crippen LogP contribution is 2.18. The van der Waals surface area contributed by atoms with Crippen molar-refractivity contribution in [1.82, 2.24) is 20.4 Å². The predicted molar refractivity (Wildman–Crippen MR) is 98.5 cm³/mol. The summed E-state index contributed by atoms with van der Waals surface area (Å²) < 4.78 is 0. The highest BCUT2D eigenvalue weighted by Gasteiger charge is 2.31. The lowest BCUT2D eigenvalue weighted by Crippen LogP contribution is -2.57.